The van der Waals surface area contributed by atoms with Crippen LogP contribution in [0.5, 0.6) is 0 Å². The largest absolute Gasteiger partial charge is 0.310 e. The van der Waals surface area contributed by atoms with Gasteiger partial charge in [0.1, 0.15) is 0 Å². The summed E-state index contributed by atoms with van der Waals surface area (Å²) in [5.74, 6) is 1.48. The Labute approximate surface area is 124 Å². The van der Waals surface area contributed by atoms with Crippen molar-refractivity contribution in [3.05, 3.63) is 40.8 Å². The van der Waals surface area contributed by atoms with Gasteiger partial charge in [-0.25, -0.2) is 9.67 Å². The minimum Gasteiger partial charge on any atom is -0.310 e. The molecule has 2 aromatic heterocycles. The summed E-state index contributed by atoms with van der Waals surface area (Å²) < 4.78 is 1.84. The molecule has 0 radical (unpaired) electrons. The first-order valence-corrected chi connectivity index (χ1v) is 7.45. The van der Waals surface area contributed by atoms with Gasteiger partial charge in [0.25, 0.3) is 0 Å². The van der Waals surface area contributed by atoms with Crippen LogP contribution < -0.4 is 5.32 Å². The van der Waals surface area contributed by atoms with E-state index in [0.717, 1.165) is 17.9 Å². The van der Waals surface area contributed by atoms with Gasteiger partial charge in [0.2, 0.25) is 0 Å². The third-order valence-electron chi connectivity index (χ3n) is 3.46. The van der Waals surface area contributed by atoms with Crippen molar-refractivity contribution in [2.45, 2.75) is 45.2 Å². The van der Waals surface area contributed by atoms with Gasteiger partial charge in [0, 0.05) is 30.9 Å². The van der Waals surface area contributed by atoms with E-state index in [4.69, 9.17) is 11.6 Å². The first-order chi connectivity index (χ1) is 9.63. The molecule has 1 fully saturated rings. The standard InChI is InChI=1S/C15H19ClN4/c1-10(2)17-8-12-7-15(18-9-13(12)16)20-6-5-14(19-20)11-3-4-11/h5-7,9-11,17H,3-4,8H2,1-2H3. The first-order valence-electron chi connectivity index (χ1n) is 7.07. The quantitative estimate of drug-likeness (QED) is 0.919. The lowest BCUT2D eigenvalue weighted by molar-refractivity contribution is 0.588. The number of rotatable bonds is 5. The topological polar surface area (TPSA) is 42.7 Å². The van der Waals surface area contributed by atoms with Gasteiger partial charge in [-0.2, -0.15) is 5.10 Å². The predicted molar refractivity (Wildman–Crippen MR) is 80.3 cm³/mol. The van der Waals surface area contributed by atoms with Crippen LogP contribution in [0.4, 0.5) is 0 Å². The Morgan fingerprint density at radius 2 is 2.25 bits per heavy atom. The highest BCUT2D eigenvalue weighted by Crippen LogP contribution is 2.39. The highest BCUT2D eigenvalue weighted by atomic mass is 35.5. The summed E-state index contributed by atoms with van der Waals surface area (Å²) in [6.45, 7) is 4.97. The lowest BCUT2D eigenvalue weighted by Crippen LogP contribution is -2.22. The van der Waals surface area contributed by atoms with Gasteiger partial charge < -0.3 is 5.32 Å². The van der Waals surface area contributed by atoms with Gasteiger partial charge >= 0.3 is 0 Å². The van der Waals surface area contributed by atoms with Gasteiger partial charge in [-0.15, -0.1) is 0 Å². The van der Waals surface area contributed by atoms with E-state index in [1.54, 1.807) is 6.20 Å². The van der Waals surface area contributed by atoms with E-state index in [2.05, 4.69) is 35.3 Å². The van der Waals surface area contributed by atoms with Crippen molar-refractivity contribution in [3.63, 3.8) is 0 Å². The molecule has 0 aliphatic heterocycles. The van der Waals surface area contributed by atoms with Crippen LogP contribution in [0.15, 0.2) is 24.5 Å². The maximum absolute atomic E-state index is 6.20. The molecule has 0 aromatic carbocycles. The summed E-state index contributed by atoms with van der Waals surface area (Å²) in [5, 5.41) is 8.66. The van der Waals surface area contributed by atoms with Crippen molar-refractivity contribution in [1.82, 2.24) is 20.1 Å². The molecular weight excluding hydrogens is 272 g/mol. The number of hydrogen-bond donors (Lipinski definition) is 1. The molecule has 0 amide bonds. The molecule has 3 rings (SSSR count). The Hall–Kier alpha value is -1.39. The van der Waals surface area contributed by atoms with Gasteiger partial charge in [-0.3, -0.25) is 0 Å². The second-order valence-corrected chi connectivity index (χ2v) is 6.04. The number of nitrogens with one attached hydrogen (secondary N) is 1. The molecule has 2 heterocycles. The Balaban J connectivity index is 1.83. The van der Waals surface area contributed by atoms with Crippen LogP contribution >= 0.6 is 11.6 Å². The monoisotopic (exact) mass is 290 g/mol. The van der Waals surface area contributed by atoms with Crippen molar-refractivity contribution in [3.8, 4) is 5.82 Å². The molecule has 0 bridgehead atoms. The zero-order chi connectivity index (χ0) is 14.1. The minimum atomic E-state index is 0.425. The molecule has 1 aliphatic carbocycles. The van der Waals surface area contributed by atoms with Crippen molar-refractivity contribution in [1.29, 1.82) is 0 Å². The average molecular weight is 291 g/mol. The van der Waals surface area contributed by atoms with Crippen LogP contribution in [0.3, 0.4) is 0 Å². The van der Waals surface area contributed by atoms with Crippen LogP contribution in [0, 0.1) is 0 Å². The molecule has 0 atom stereocenters. The summed E-state index contributed by atoms with van der Waals surface area (Å²) in [7, 11) is 0. The van der Waals surface area contributed by atoms with E-state index >= 15 is 0 Å². The number of halogens is 1. The van der Waals surface area contributed by atoms with Gasteiger partial charge in [0.15, 0.2) is 5.82 Å². The SMILES string of the molecule is CC(C)NCc1cc(-n2ccc(C3CC3)n2)ncc1Cl. The van der Waals surface area contributed by atoms with Gasteiger partial charge in [-0.05, 0) is 30.5 Å². The average Bonchev–Trinajstić information content (AvgIpc) is 3.16. The predicted octanol–water partition coefficient (Wildman–Crippen LogP) is 3.30. The van der Waals surface area contributed by atoms with Gasteiger partial charge in [0.05, 0.1) is 10.7 Å². The lowest BCUT2D eigenvalue weighted by Gasteiger charge is -2.10. The molecule has 0 spiro atoms. The fourth-order valence-corrected chi connectivity index (χ4v) is 2.28. The second-order valence-electron chi connectivity index (χ2n) is 5.63. The fraction of sp³-hybridized carbons (Fsp3) is 0.467. The van der Waals surface area contributed by atoms with Crippen molar-refractivity contribution < 1.29 is 0 Å². The van der Waals surface area contributed by atoms with Crippen LogP contribution in [0.1, 0.15) is 43.9 Å². The molecule has 20 heavy (non-hydrogen) atoms. The minimum absolute atomic E-state index is 0.425. The zero-order valence-corrected chi connectivity index (χ0v) is 12.6. The van der Waals surface area contributed by atoms with Crippen LogP contribution in [0.2, 0.25) is 5.02 Å². The zero-order valence-electron chi connectivity index (χ0n) is 11.8. The van der Waals surface area contributed by atoms with E-state index in [9.17, 15) is 0 Å². The van der Waals surface area contributed by atoms with E-state index in [0.29, 0.717) is 17.0 Å². The highest BCUT2D eigenvalue weighted by molar-refractivity contribution is 6.31. The normalized spacial score (nSPS) is 15.0. The summed E-state index contributed by atoms with van der Waals surface area (Å²) in [4.78, 5) is 4.37. The van der Waals surface area contributed by atoms with Gasteiger partial charge in [-0.1, -0.05) is 25.4 Å². The third-order valence-corrected chi connectivity index (χ3v) is 3.80. The van der Waals surface area contributed by atoms with E-state index in [1.165, 1.54) is 18.5 Å². The lowest BCUT2D eigenvalue weighted by atomic mass is 10.2. The Morgan fingerprint density at radius 1 is 1.45 bits per heavy atom. The maximum Gasteiger partial charge on any atom is 0.153 e. The summed E-state index contributed by atoms with van der Waals surface area (Å²) in [6.07, 6.45) is 6.19. The molecule has 106 valence electrons. The summed E-state index contributed by atoms with van der Waals surface area (Å²) >= 11 is 6.20. The fourth-order valence-electron chi connectivity index (χ4n) is 2.11. The Morgan fingerprint density at radius 3 is 2.95 bits per heavy atom. The molecule has 4 nitrogen and oxygen atoms in total. The number of aromatic nitrogens is 3. The third kappa shape index (κ3) is 3.02. The van der Waals surface area contributed by atoms with Crippen LogP contribution in [0.25, 0.3) is 5.82 Å². The number of pyridine rings is 1. The van der Waals surface area contributed by atoms with E-state index in [1.807, 2.05) is 16.9 Å². The summed E-state index contributed by atoms with van der Waals surface area (Å²) in [6, 6.07) is 4.51. The molecule has 1 aliphatic rings. The maximum atomic E-state index is 6.20. The van der Waals surface area contributed by atoms with E-state index in [-0.39, 0.29) is 0 Å². The Kier molecular flexibility index (Phi) is 3.76. The molecular formula is C15H19ClN4. The smallest absolute Gasteiger partial charge is 0.153 e. The Bertz CT molecular complexity index is 602. The van der Waals surface area contributed by atoms with Crippen LogP contribution in [-0.4, -0.2) is 20.8 Å². The number of hydrogen-bond acceptors (Lipinski definition) is 3. The van der Waals surface area contributed by atoms with E-state index < -0.39 is 0 Å². The second kappa shape index (κ2) is 5.54. The molecule has 1 N–H and O–H groups in total. The first kappa shape index (κ1) is 13.6. The van der Waals surface area contributed by atoms with Crippen molar-refractivity contribution >= 4 is 11.6 Å². The van der Waals surface area contributed by atoms with Crippen molar-refractivity contribution in [2.24, 2.45) is 0 Å². The molecule has 5 heteroatoms. The molecule has 0 saturated heterocycles. The molecule has 2 aromatic rings. The summed E-state index contributed by atoms with van der Waals surface area (Å²) in [5.41, 5.74) is 2.22. The van der Waals surface area contributed by atoms with Crippen molar-refractivity contribution in [2.75, 3.05) is 0 Å². The highest BCUT2D eigenvalue weighted by Gasteiger charge is 2.26. The molecule has 0 unspecified atom stereocenters. The number of nitrogens with zero attached hydrogens (tertiary/aromatic N) is 3. The van der Waals surface area contributed by atoms with Crippen LogP contribution in [-0.2, 0) is 6.54 Å². The molecule has 1 saturated carbocycles.